The first kappa shape index (κ1) is 16.2. The second-order valence-corrected chi connectivity index (χ2v) is 5.83. The van der Waals surface area contributed by atoms with Gasteiger partial charge in [-0.2, -0.15) is 0 Å². The Hall–Kier alpha value is -2.69. The van der Waals surface area contributed by atoms with Crippen molar-refractivity contribution in [2.24, 2.45) is 0 Å². The Balaban J connectivity index is 1.63. The molecule has 24 heavy (non-hydrogen) atoms. The maximum Gasteiger partial charge on any atom is 0.265 e. The highest BCUT2D eigenvalue weighted by Crippen LogP contribution is 2.33. The number of carbonyl (C=O) groups is 1. The summed E-state index contributed by atoms with van der Waals surface area (Å²) >= 11 is 0. The summed E-state index contributed by atoms with van der Waals surface area (Å²) in [7, 11) is 0. The first-order valence-electron chi connectivity index (χ1n) is 8.18. The topological polar surface area (TPSA) is 67.8 Å². The number of hydrogen-bond donors (Lipinski definition) is 2. The summed E-state index contributed by atoms with van der Waals surface area (Å²) in [5, 5.41) is 12.2. The third-order valence-electron chi connectivity index (χ3n) is 3.89. The van der Waals surface area contributed by atoms with Crippen molar-refractivity contribution in [3.05, 3.63) is 48.0 Å². The van der Waals surface area contributed by atoms with Gasteiger partial charge in [0.2, 0.25) is 0 Å². The fourth-order valence-electron chi connectivity index (χ4n) is 2.54. The van der Waals surface area contributed by atoms with Gasteiger partial charge in [-0.3, -0.25) is 4.79 Å². The molecular formula is C19H21NO4. The van der Waals surface area contributed by atoms with Gasteiger partial charge >= 0.3 is 0 Å². The molecule has 1 aliphatic heterocycles. The number of anilines is 1. The van der Waals surface area contributed by atoms with Gasteiger partial charge in [-0.15, -0.1) is 0 Å². The van der Waals surface area contributed by atoms with Crippen LogP contribution in [0.2, 0.25) is 0 Å². The Morgan fingerprint density at radius 3 is 2.75 bits per heavy atom. The van der Waals surface area contributed by atoms with Gasteiger partial charge in [-0.05, 0) is 36.2 Å². The minimum atomic E-state index is -0.589. The number of amides is 1. The second-order valence-electron chi connectivity index (χ2n) is 5.83. The smallest absolute Gasteiger partial charge is 0.265 e. The first-order valence-corrected chi connectivity index (χ1v) is 8.18. The van der Waals surface area contributed by atoms with Crippen LogP contribution in [0.3, 0.4) is 0 Å². The molecular weight excluding hydrogens is 306 g/mol. The van der Waals surface area contributed by atoms with Crippen molar-refractivity contribution in [3.63, 3.8) is 0 Å². The highest BCUT2D eigenvalue weighted by Gasteiger charge is 2.27. The molecule has 0 saturated carbocycles. The normalized spacial score (nSPS) is 16.0. The molecule has 1 amide bonds. The molecule has 5 heteroatoms. The Labute approximate surface area is 141 Å². The van der Waals surface area contributed by atoms with Crippen molar-refractivity contribution in [2.75, 3.05) is 11.9 Å². The van der Waals surface area contributed by atoms with Crippen LogP contribution < -0.4 is 14.8 Å². The van der Waals surface area contributed by atoms with Crippen molar-refractivity contribution < 1.29 is 19.4 Å². The summed E-state index contributed by atoms with van der Waals surface area (Å²) in [5.74, 6) is 1.28. The third kappa shape index (κ3) is 3.79. The number of nitrogens with one attached hydrogen (secondary N) is 1. The predicted octanol–water partition coefficient (Wildman–Crippen LogP) is 3.51. The van der Waals surface area contributed by atoms with Gasteiger partial charge in [-0.25, -0.2) is 0 Å². The molecule has 0 fully saturated rings. The molecule has 3 rings (SSSR count). The molecule has 1 heterocycles. The van der Waals surface area contributed by atoms with E-state index in [9.17, 15) is 9.90 Å². The molecule has 126 valence electrons. The second kappa shape index (κ2) is 7.25. The highest BCUT2D eigenvalue weighted by molar-refractivity contribution is 5.98. The highest BCUT2D eigenvalue weighted by atomic mass is 16.5. The van der Waals surface area contributed by atoms with E-state index in [2.05, 4.69) is 12.2 Å². The number of ether oxygens (including phenoxy) is 2. The van der Waals surface area contributed by atoms with E-state index in [1.165, 1.54) is 12.1 Å². The van der Waals surface area contributed by atoms with Gasteiger partial charge in [-0.1, -0.05) is 25.5 Å². The summed E-state index contributed by atoms with van der Waals surface area (Å²) in [5.41, 5.74) is 1.50. The van der Waals surface area contributed by atoms with Gasteiger partial charge in [0.1, 0.15) is 17.2 Å². The fraction of sp³-hybridized carbons (Fsp3) is 0.316. The average Bonchev–Trinajstić information content (AvgIpc) is 2.57. The third-order valence-corrected chi connectivity index (χ3v) is 3.89. The maximum atomic E-state index is 12.2. The largest absolute Gasteiger partial charge is 0.508 e. The molecule has 0 aliphatic carbocycles. The van der Waals surface area contributed by atoms with Crippen LogP contribution in [0.15, 0.2) is 42.5 Å². The van der Waals surface area contributed by atoms with E-state index < -0.39 is 6.10 Å². The van der Waals surface area contributed by atoms with Crippen LogP contribution in [-0.2, 0) is 11.2 Å². The lowest BCUT2D eigenvalue weighted by atomic mass is 10.1. The quantitative estimate of drug-likeness (QED) is 0.797. The van der Waals surface area contributed by atoms with Gasteiger partial charge in [0.15, 0.2) is 6.10 Å². The van der Waals surface area contributed by atoms with Crippen molar-refractivity contribution >= 4 is 11.6 Å². The molecule has 1 atom stereocenters. The van der Waals surface area contributed by atoms with Gasteiger partial charge in [0, 0.05) is 12.5 Å². The zero-order valence-electron chi connectivity index (χ0n) is 13.6. The molecule has 0 aromatic heterocycles. The zero-order valence-corrected chi connectivity index (χ0v) is 13.6. The molecule has 2 N–H and O–H groups in total. The lowest BCUT2D eigenvalue weighted by Gasteiger charge is -2.26. The Kier molecular flexibility index (Phi) is 4.89. The van der Waals surface area contributed by atoms with Crippen LogP contribution in [0.4, 0.5) is 5.69 Å². The summed E-state index contributed by atoms with van der Waals surface area (Å²) in [4.78, 5) is 12.2. The molecule has 2 aromatic rings. The number of aromatic hydroxyl groups is 1. The number of benzene rings is 2. The molecule has 5 nitrogen and oxygen atoms in total. The van der Waals surface area contributed by atoms with Gasteiger partial charge < -0.3 is 19.9 Å². The maximum absolute atomic E-state index is 12.2. The number of phenolic OH excluding ortho intramolecular Hbond substituents is 1. The van der Waals surface area contributed by atoms with Crippen LogP contribution in [0.25, 0.3) is 0 Å². The lowest BCUT2D eigenvalue weighted by molar-refractivity contribution is -0.123. The van der Waals surface area contributed by atoms with Gasteiger partial charge in [0.25, 0.3) is 5.91 Å². The zero-order chi connectivity index (χ0) is 16.9. The van der Waals surface area contributed by atoms with Crippen molar-refractivity contribution in [3.8, 4) is 17.2 Å². The predicted molar refractivity (Wildman–Crippen MR) is 91.7 cm³/mol. The Morgan fingerprint density at radius 1 is 1.21 bits per heavy atom. The van der Waals surface area contributed by atoms with Crippen molar-refractivity contribution in [1.29, 1.82) is 0 Å². The molecule has 1 aliphatic rings. The van der Waals surface area contributed by atoms with Crippen LogP contribution >= 0.6 is 0 Å². The molecule has 1 unspecified atom stereocenters. The summed E-state index contributed by atoms with van der Waals surface area (Å²) in [6.45, 7) is 2.84. The number of phenols is 1. The van der Waals surface area contributed by atoms with Crippen LogP contribution in [0.1, 0.15) is 25.3 Å². The van der Waals surface area contributed by atoms with E-state index in [1.807, 2.05) is 24.3 Å². The monoisotopic (exact) mass is 327 g/mol. The molecule has 2 aromatic carbocycles. The van der Waals surface area contributed by atoms with E-state index in [0.29, 0.717) is 24.5 Å². The van der Waals surface area contributed by atoms with E-state index in [0.717, 1.165) is 24.2 Å². The molecule has 0 saturated heterocycles. The molecule has 0 spiro atoms. The van der Waals surface area contributed by atoms with E-state index in [-0.39, 0.29) is 11.7 Å². The minimum Gasteiger partial charge on any atom is -0.508 e. The lowest BCUT2D eigenvalue weighted by Crippen LogP contribution is -2.38. The molecule has 0 bridgehead atoms. The number of carbonyl (C=O) groups excluding carboxylic acids is 1. The number of unbranched alkanes of at least 4 members (excludes halogenated alkanes) is 1. The fourth-order valence-corrected chi connectivity index (χ4v) is 2.54. The summed E-state index contributed by atoms with van der Waals surface area (Å²) < 4.78 is 11.4. The van der Waals surface area contributed by atoms with Crippen LogP contribution in [-0.4, -0.2) is 23.7 Å². The summed E-state index contributed by atoms with van der Waals surface area (Å²) in [6.07, 6.45) is 2.02. The standard InChI is InChI=1S/C19H21NO4/c1-2-3-10-23-15-7-4-13(5-8-15)11-18-19(22)20-16-12-14(21)6-9-17(16)24-18/h4-9,12,18,21H,2-3,10-11H2,1H3,(H,20,22). The minimum absolute atomic E-state index is 0.0924. The number of hydrogen-bond acceptors (Lipinski definition) is 4. The van der Waals surface area contributed by atoms with Crippen LogP contribution in [0, 0.1) is 0 Å². The van der Waals surface area contributed by atoms with Gasteiger partial charge in [0.05, 0.1) is 12.3 Å². The van der Waals surface area contributed by atoms with E-state index in [4.69, 9.17) is 9.47 Å². The van der Waals surface area contributed by atoms with Crippen molar-refractivity contribution in [2.45, 2.75) is 32.3 Å². The molecule has 0 radical (unpaired) electrons. The van der Waals surface area contributed by atoms with Crippen LogP contribution in [0.5, 0.6) is 17.2 Å². The Bertz CT molecular complexity index is 712. The average molecular weight is 327 g/mol. The van der Waals surface area contributed by atoms with E-state index in [1.54, 1.807) is 6.07 Å². The first-order chi connectivity index (χ1) is 11.7. The summed E-state index contributed by atoms with van der Waals surface area (Å²) in [6, 6.07) is 12.4. The van der Waals surface area contributed by atoms with E-state index >= 15 is 0 Å². The number of rotatable bonds is 6. The Morgan fingerprint density at radius 2 is 2.00 bits per heavy atom. The van der Waals surface area contributed by atoms with Crippen molar-refractivity contribution in [1.82, 2.24) is 0 Å². The SMILES string of the molecule is CCCCOc1ccc(CC2Oc3ccc(O)cc3NC2=O)cc1. The number of fused-ring (bicyclic) bond motifs is 1.